The highest BCUT2D eigenvalue weighted by Crippen LogP contribution is 2.42. The van der Waals surface area contributed by atoms with E-state index in [4.69, 9.17) is 0 Å². The van der Waals surface area contributed by atoms with Gasteiger partial charge in [0, 0.05) is 11.1 Å². The van der Waals surface area contributed by atoms with Crippen molar-refractivity contribution in [3.63, 3.8) is 0 Å². The molecule has 0 spiro atoms. The predicted octanol–water partition coefficient (Wildman–Crippen LogP) is 2.45. The van der Waals surface area contributed by atoms with Crippen LogP contribution in [-0.2, 0) is 27.2 Å². The van der Waals surface area contributed by atoms with E-state index in [1.165, 1.54) is 24.3 Å². The summed E-state index contributed by atoms with van der Waals surface area (Å²) >= 11 is 0. The molecule has 2 aromatic rings. The van der Waals surface area contributed by atoms with Crippen LogP contribution in [0.3, 0.4) is 0 Å². The van der Waals surface area contributed by atoms with Gasteiger partial charge in [-0.1, -0.05) is 32.6 Å². The zero-order chi connectivity index (χ0) is 22.3. The first-order chi connectivity index (χ1) is 13.7. The largest absolute Gasteiger partial charge is 0.716 e. The van der Waals surface area contributed by atoms with E-state index in [0.717, 1.165) is 0 Å². The maximum absolute atomic E-state index is 11.0. The lowest BCUT2D eigenvalue weighted by Crippen LogP contribution is -2.23. The van der Waals surface area contributed by atoms with Crippen LogP contribution in [0.1, 0.15) is 48.9 Å². The first-order valence-electron chi connectivity index (χ1n) is 8.81. The summed E-state index contributed by atoms with van der Waals surface area (Å²) in [6.07, 6.45) is 0.393. The molecule has 8 nitrogen and oxygen atoms in total. The zero-order valence-corrected chi connectivity index (χ0v) is 18.0. The third-order valence-corrected chi connectivity index (χ3v) is 5.47. The molecule has 1 unspecified atom stereocenters. The fourth-order valence-corrected chi connectivity index (χ4v) is 4.06. The van der Waals surface area contributed by atoms with Crippen molar-refractivity contribution in [3.05, 3.63) is 58.7 Å². The van der Waals surface area contributed by atoms with Crippen molar-refractivity contribution in [1.29, 1.82) is 0 Å². The second kappa shape index (κ2) is 7.59. The lowest BCUT2D eigenvalue weighted by molar-refractivity contribution is 0.316. The van der Waals surface area contributed by atoms with Crippen LogP contribution >= 0.6 is 0 Å². The van der Waals surface area contributed by atoms with Crippen LogP contribution in [0.25, 0.3) is 0 Å². The van der Waals surface area contributed by atoms with Gasteiger partial charge >= 0.3 is 0 Å². The molecule has 1 atom stereocenters. The summed E-state index contributed by atoms with van der Waals surface area (Å²) < 4.78 is 74.7. The summed E-state index contributed by atoms with van der Waals surface area (Å²) in [6, 6.07) is 8.81. The molecular weight excluding hydrogens is 432 g/mol. The van der Waals surface area contributed by atoms with Crippen LogP contribution < -0.4 is 8.37 Å². The lowest BCUT2D eigenvalue weighted by atomic mass is 9.71. The SMILES string of the molecule is CC(C)(C)C1Cc2cc(OS(=O)(=O)[O-])ccc2C#Cc2ccc(OS(=O)(=O)[O-])cc21. The molecule has 0 aromatic heterocycles. The second-order valence-corrected chi connectivity index (χ2v) is 9.89. The molecule has 2 aromatic carbocycles. The van der Waals surface area contributed by atoms with Crippen molar-refractivity contribution in [3.8, 4) is 23.3 Å². The molecule has 0 fully saturated rings. The molecule has 1 aliphatic rings. The summed E-state index contributed by atoms with van der Waals surface area (Å²) in [7, 11) is -9.86. The van der Waals surface area contributed by atoms with E-state index < -0.39 is 20.8 Å². The summed E-state index contributed by atoms with van der Waals surface area (Å²) in [5.74, 6) is 5.58. The van der Waals surface area contributed by atoms with E-state index >= 15 is 0 Å². The Bertz CT molecular complexity index is 1260. The highest BCUT2D eigenvalue weighted by atomic mass is 32.3. The Labute approximate surface area is 175 Å². The Morgan fingerprint density at radius 2 is 1.37 bits per heavy atom. The molecule has 0 bridgehead atoms. The number of benzene rings is 2. The fraction of sp³-hybridized carbons (Fsp3) is 0.300. The van der Waals surface area contributed by atoms with Crippen LogP contribution in [0.4, 0.5) is 0 Å². The van der Waals surface area contributed by atoms with Crippen LogP contribution in [0.15, 0.2) is 36.4 Å². The number of hydrogen-bond acceptors (Lipinski definition) is 8. The highest BCUT2D eigenvalue weighted by Gasteiger charge is 2.30. The Morgan fingerprint density at radius 3 is 1.90 bits per heavy atom. The topological polar surface area (TPSA) is 133 Å². The molecule has 160 valence electrons. The number of rotatable bonds is 4. The molecule has 3 rings (SSSR count). The van der Waals surface area contributed by atoms with Crippen LogP contribution in [-0.4, -0.2) is 25.9 Å². The van der Waals surface area contributed by atoms with Crippen LogP contribution in [0.5, 0.6) is 11.5 Å². The van der Waals surface area contributed by atoms with E-state index in [2.05, 4.69) is 20.2 Å². The molecule has 0 saturated heterocycles. The summed E-state index contributed by atoms with van der Waals surface area (Å²) in [4.78, 5) is 0. The molecule has 0 aliphatic heterocycles. The smallest absolute Gasteiger partial charge is 0.262 e. The van der Waals surface area contributed by atoms with Gasteiger partial charge in [0.25, 0.3) is 20.8 Å². The summed E-state index contributed by atoms with van der Waals surface area (Å²) in [5, 5.41) is 0. The lowest BCUT2D eigenvalue weighted by Gasteiger charge is -2.33. The van der Waals surface area contributed by atoms with Gasteiger partial charge in [-0.05, 0) is 65.3 Å². The van der Waals surface area contributed by atoms with Gasteiger partial charge in [-0.15, -0.1) is 0 Å². The van der Waals surface area contributed by atoms with Gasteiger partial charge in [0.15, 0.2) is 0 Å². The minimum Gasteiger partial charge on any atom is -0.716 e. The van der Waals surface area contributed by atoms with Gasteiger partial charge in [0.1, 0.15) is 11.5 Å². The minimum atomic E-state index is -4.93. The first-order valence-corrected chi connectivity index (χ1v) is 11.5. The molecule has 0 N–H and O–H groups in total. The molecule has 30 heavy (non-hydrogen) atoms. The molecule has 0 amide bonds. The highest BCUT2D eigenvalue weighted by molar-refractivity contribution is 7.81. The third kappa shape index (κ3) is 5.52. The summed E-state index contributed by atoms with van der Waals surface area (Å²) in [5.41, 5.74) is 2.31. The fourth-order valence-electron chi connectivity index (χ4n) is 3.38. The Balaban J connectivity index is 2.15. The van der Waals surface area contributed by atoms with Crippen molar-refractivity contribution in [1.82, 2.24) is 0 Å². The van der Waals surface area contributed by atoms with Gasteiger partial charge in [0.05, 0.1) is 0 Å². The van der Waals surface area contributed by atoms with Gasteiger partial charge in [-0.3, -0.25) is 0 Å². The van der Waals surface area contributed by atoms with E-state index in [9.17, 15) is 25.9 Å². The Kier molecular flexibility index (Phi) is 5.60. The van der Waals surface area contributed by atoms with Crippen molar-refractivity contribution in [2.45, 2.75) is 33.1 Å². The average Bonchev–Trinajstić information content (AvgIpc) is 2.54. The predicted molar refractivity (Wildman–Crippen MR) is 105 cm³/mol. The van der Waals surface area contributed by atoms with Crippen molar-refractivity contribution in [2.75, 3.05) is 0 Å². The van der Waals surface area contributed by atoms with Gasteiger partial charge < -0.3 is 17.5 Å². The number of hydrogen-bond donors (Lipinski definition) is 0. The van der Waals surface area contributed by atoms with Crippen molar-refractivity contribution >= 4 is 20.8 Å². The molecule has 10 heteroatoms. The molecule has 1 aliphatic carbocycles. The van der Waals surface area contributed by atoms with Crippen molar-refractivity contribution < 1.29 is 34.3 Å². The molecule has 0 saturated carbocycles. The summed E-state index contributed by atoms with van der Waals surface area (Å²) in [6.45, 7) is 5.95. The normalized spacial score (nSPS) is 16.2. The van der Waals surface area contributed by atoms with E-state index in [1.807, 2.05) is 20.8 Å². The van der Waals surface area contributed by atoms with E-state index in [1.54, 1.807) is 12.1 Å². The van der Waals surface area contributed by atoms with Crippen LogP contribution in [0.2, 0.25) is 0 Å². The van der Waals surface area contributed by atoms with Crippen LogP contribution in [0, 0.1) is 17.3 Å². The van der Waals surface area contributed by atoms with E-state index in [-0.39, 0.29) is 22.8 Å². The van der Waals surface area contributed by atoms with Gasteiger partial charge in [0.2, 0.25) is 0 Å². The average molecular weight is 450 g/mol. The standard InChI is InChI=1S/C20H20O8S2/c1-20(2,3)19-11-15-10-16(27-29(21,22)23)8-6-13(15)4-5-14-7-9-17(12-18(14)19)28-30(24,25)26/h6-10,12,19H,11H2,1-3H3,(H,21,22,23)(H,24,25,26)/p-2. The maximum Gasteiger partial charge on any atom is 0.262 e. The quantitative estimate of drug-likeness (QED) is 0.394. The second-order valence-electron chi connectivity index (χ2n) is 7.92. The van der Waals surface area contributed by atoms with Crippen molar-refractivity contribution in [2.24, 2.45) is 5.41 Å². The minimum absolute atomic E-state index is 0.116. The molecular formula is C20H18O8S2-2. The first kappa shape index (κ1) is 22.1. The molecule has 0 radical (unpaired) electrons. The Morgan fingerprint density at radius 1 is 0.867 bits per heavy atom. The number of fused-ring (bicyclic) bond motifs is 2. The van der Waals surface area contributed by atoms with Gasteiger partial charge in [-0.25, -0.2) is 16.8 Å². The Hall–Kier alpha value is -2.58. The third-order valence-electron chi connectivity index (χ3n) is 4.67. The van der Waals surface area contributed by atoms with Gasteiger partial charge in [-0.2, -0.15) is 0 Å². The zero-order valence-electron chi connectivity index (χ0n) is 16.3. The van der Waals surface area contributed by atoms with E-state index in [0.29, 0.717) is 28.7 Å². The monoisotopic (exact) mass is 450 g/mol. The maximum atomic E-state index is 11.0. The molecule has 0 heterocycles.